The fraction of sp³-hybridized carbons (Fsp3) is 0.875. The van der Waals surface area contributed by atoms with Gasteiger partial charge in [-0.3, -0.25) is 9.59 Å². The summed E-state index contributed by atoms with van der Waals surface area (Å²) in [5.74, 6) is 1.02. The smallest absolute Gasteiger partial charge is 0.317 e. The molecule has 3 unspecified atom stereocenters. The first-order chi connectivity index (χ1) is 17.5. The van der Waals surface area contributed by atoms with Gasteiger partial charge in [-0.15, -0.1) is 0 Å². The van der Waals surface area contributed by atoms with Gasteiger partial charge in [0.25, 0.3) is 0 Å². The van der Waals surface area contributed by atoms with Gasteiger partial charge in [0.1, 0.15) is 0 Å². The van der Waals surface area contributed by atoms with E-state index in [0.29, 0.717) is 5.41 Å². The van der Waals surface area contributed by atoms with Crippen LogP contribution < -0.4 is 0 Å². The molecule has 4 aliphatic rings. The summed E-state index contributed by atoms with van der Waals surface area (Å²) in [7, 11) is 0. The Kier molecular flexibility index (Phi) is 8.83. The molecule has 0 aromatic heterocycles. The molecule has 8 atom stereocenters. The monoisotopic (exact) mass is 516 g/mol. The van der Waals surface area contributed by atoms with E-state index in [9.17, 15) is 9.59 Å². The Morgan fingerprint density at radius 1 is 0.973 bits per heavy atom. The Hall–Kier alpha value is -1.36. The van der Waals surface area contributed by atoms with E-state index in [1.165, 1.54) is 51.4 Å². The zero-order chi connectivity index (χ0) is 27.0. The second-order valence-electron chi connectivity index (χ2n) is 14.0. The molecule has 0 heterocycles. The summed E-state index contributed by atoms with van der Waals surface area (Å²) in [6.45, 7) is 12.6. The highest BCUT2D eigenvalue weighted by atomic mass is 16.5. The van der Waals surface area contributed by atoms with Crippen molar-refractivity contribution in [1.29, 1.82) is 0 Å². The maximum Gasteiger partial charge on any atom is 0.317 e. The summed E-state index contributed by atoms with van der Waals surface area (Å²) in [5, 5.41) is 18.2. The van der Waals surface area contributed by atoms with E-state index in [-0.39, 0.29) is 24.5 Å². The lowest BCUT2D eigenvalue weighted by Crippen LogP contribution is -2.51. The topological polar surface area (TPSA) is 83.8 Å². The number of rotatable bonds is 11. The fourth-order valence-corrected chi connectivity index (χ4v) is 9.50. The van der Waals surface area contributed by atoms with Gasteiger partial charge in [-0.1, -0.05) is 65.5 Å². The van der Waals surface area contributed by atoms with Crippen molar-refractivity contribution < 1.29 is 24.5 Å². The number of carboxylic acid groups (broad SMARTS) is 2. The Labute approximate surface area is 224 Å². The van der Waals surface area contributed by atoms with Crippen LogP contribution in [0.5, 0.6) is 0 Å². The van der Waals surface area contributed by atoms with Crippen molar-refractivity contribution in [2.45, 2.75) is 118 Å². The third-order valence-electron chi connectivity index (χ3n) is 11.6. The van der Waals surface area contributed by atoms with Crippen LogP contribution >= 0.6 is 0 Å². The number of aliphatic carboxylic acids is 2. The van der Waals surface area contributed by atoms with Crippen LogP contribution in [-0.4, -0.2) is 34.9 Å². The van der Waals surface area contributed by atoms with Crippen LogP contribution in [0, 0.1) is 52.3 Å². The number of fused-ring (bicyclic) bond motifs is 5. The molecule has 0 aliphatic heterocycles. The molecule has 3 fully saturated rings. The van der Waals surface area contributed by atoms with Crippen LogP contribution in [0.25, 0.3) is 0 Å². The Morgan fingerprint density at radius 2 is 1.70 bits per heavy atom. The largest absolute Gasteiger partial charge is 0.481 e. The fourth-order valence-electron chi connectivity index (χ4n) is 9.50. The summed E-state index contributed by atoms with van der Waals surface area (Å²) >= 11 is 0. The minimum Gasteiger partial charge on any atom is -0.481 e. The lowest BCUT2D eigenvalue weighted by atomic mass is 9.47. The molecule has 0 bridgehead atoms. The van der Waals surface area contributed by atoms with E-state index in [1.54, 1.807) is 5.57 Å². The van der Waals surface area contributed by atoms with Gasteiger partial charge in [-0.2, -0.15) is 0 Å². The molecule has 0 saturated heterocycles. The first kappa shape index (κ1) is 28.6. The Bertz CT molecular complexity index is 849. The highest BCUT2D eigenvalue weighted by molar-refractivity contribution is 5.92. The van der Waals surface area contributed by atoms with Gasteiger partial charge < -0.3 is 14.9 Å². The van der Waals surface area contributed by atoms with Gasteiger partial charge in [0, 0.05) is 6.61 Å². The molecule has 37 heavy (non-hydrogen) atoms. The molecule has 0 aromatic carbocycles. The third kappa shape index (κ3) is 5.68. The number of hydrogen-bond acceptors (Lipinski definition) is 3. The SMILES string of the molecule is CC(C)CCC[C@@H](C)[C@H]1CCC2C3CC=C4C[C@@H](OCCC(C(=O)O)C(=O)O)CC[C@]4(C)C3CC[C@@]21C. The van der Waals surface area contributed by atoms with Crippen molar-refractivity contribution in [1.82, 2.24) is 0 Å². The lowest BCUT2D eigenvalue weighted by molar-refractivity contribution is -0.155. The second-order valence-corrected chi connectivity index (χ2v) is 14.0. The first-order valence-corrected chi connectivity index (χ1v) is 15.2. The summed E-state index contributed by atoms with van der Waals surface area (Å²) in [6, 6.07) is 0. The van der Waals surface area contributed by atoms with Crippen molar-refractivity contribution in [2.24, 2.45) is 52.3 Å². The van der Waals surface area contributed by atoms with Crippen molar-refractivity contribution in [3.63, 3.8) is 0 Å². The highest BCUT2D eigenvalue weighted by Gasteiger charge is 2.59. The highest BCUT2D eigenvalue weighted by Crippen LogP contribution is 2.67. The van der Waals surface area contributed by atoms with E-state index in [0.717, 1.165) is 54.8 Å². The summed E-state index contributed by atoms with van der Waals surface area (Å²) < 4.78 is 6.05. The van der Waals surface area contributed by atoms with Crippen molar-refractivity contribution >= 4 is 11.9 Å². The summed E-state index contributed by atoms with van der Waals surface area (Å²) in [6.07, 6.45) is 16.6. The minimum atomic E-state index is -1.38. The van der Waals surface area contributed by atoms with Gasteiger partial charge in [-0.05, 0) is 104 Å². The minimum absolute atomic E-state index is 0.0273. The molecule has 210 valence electrons. The van der Waals surface area contributed by atoms with Crippen LogP contribution in [-0.2, 0) is 14.3 Å². The normalized spacial score (nSPS) is 38.0. The molecule has 0 aromatic rings. The maximum absolute atomic E-state index is 11.2. The van der Waals surface area contributed by atoms with Crippen LogP contribution in [0.1, 0.15) is 112 Å². The molecule has 0 radical (unpaired) electrons. The van der Waals surface area contributed by atoms with Crippen LogP contribution in [0.2, 0.25) is 0 Å². The average molecular weight is 517 g/mol. The van der Waals surface area contributed by atoms with Gasteiger partial charge in [-0.25, -0.2) is 0 Å². The van der Waals surface area contributed by atoms with Gasteiger partial charge >= 0.3 is 11.9 Å². The van der Waals surface area contributed by atoms with Crippen molar-refractivity contribution in [3.8, 4) is 0 Å². The predicted molar refractivity (Wildman–Crippen MR) is 146 cm³/mol. The number of carboxylic acids is 2. The van der Waals surface area contributed by atoms with Gasteiger partial charge in [0.05, 0.1) is 6.10 Å². The van der Waals surface area contributed by atoms with E-state index in [4.69, 9.17) is 14.9 Å². The Morgan fingerprint density at radius 3 is 2.38 bits per heavy atom. The number of allylic oxidation sites excluding steroid dienone is 1. The Balaban J connectivity index is 1.37. The quantitative estimate of drug-likeness (QED) is 0.218. The van der Waals surface area contributed by atoms with E-state index < -0.39 is 17.9 Å². The van der Waals surface area contributed by atoms with Gasteiger partial charge in [0.15, 0.2) is 5.92 Å². The maximum atomic E-state index is 11.2. The summed E-state index contributed by atoms with van der Waals surface area (Å²) in [4.78, 5) is 22.3. The molecule has 0 spiro atoms. The molecule has 5 nitrogen and oxygen atoms in total. The van der Waals surface area contributed by atoms with E-state index in [1.807, 2.05) is 0 Å². The molecule has 5 heteroatoms. The van der Waals surface area contributed by atoms with Crippen LogP contribution in [0.15, 0.2) is 11.6 Å². The average Bonchev–Trinajstić information content (AvgIpc) is 3.18. The molecule has 4 aliphatic carbocycles. The number of ether oxygens (including phenoxy) is 1. The van der Waals surface area contributed by atoms with E-state index >= 15 is 0 Å². The number of carbonyl (C=O) groups is 2. The van der Waals surface area contributed by atoms with Crippen LogP contribution in [0.4, 0.5) is 0 Å². The zero-order valence-corrected chi connectivity index (χ0v) is 24.0. The lowest BCUT2D eigenvalue weighted by Gasteiger charge is -2.58. The molecular formula is C32H52O5. The molecule has 2 N–H and O–H groups in total. The number of hydrogen-bond donors (Lipinski definition) is 2. The van der Waals surface area contributed by atoms with Crippen molar-refractivity contribution in [3.05, 3.63) is 11.6 Å². The zero-order valence-electron chi connectivity index (χ0n) is 24.0. The second kappa shape index (κ2) is 11.4. The molecule has 0 amide bonds. The first-order valence-electron chi connectivity index (χ1n) is 15.2. The third-order valence-corrected chi connectivity index (χ3v) is 11.6. The standard InChI is InChI=1S/C32H52O5/c1-20(2)7-6-8-21(3)26-11-12-27-24-10-9-22-19-23(37-18-15-25(29(33)34)30(35)36)13-16-31(22,4)28(24)14-17-32(26,27)5/h9,20-21,23-28H,6-8,10-19H2,1-5H3,(H,33,34)(H,35,36)/t21-,23+,24?,26-,27?,28?,31+,32-/m1/s1. The summed E-state index contributed by atoms with van der Waals surface area (Å²) in [5.41, 5.74) is 2.32. The van der Waals surface area contributed by atoms with Crippen molar-refractivity contribution in [2.75, 3.05) is 6.61 Å². The van der Waals surface area contributed by atoms with Gasteiger partial charge in [0.2, 0.25) is 0 Å². The predicted octanol–water partition coefficient (Wildman–Crippen LogP) is 7.59. The molecule has 4 rings (SSSR count). The van der Waals surface area contributed by atoms with Crippen LogP contribution in [0.3, 0.4) is 0 Å². The van der Waals surface area contributed by atoms with E-state index in [2.05, 4.69) is 40.7 Å². The molecule has 3 saturated carbocycles. The molecular weight excluding hydrogens is 464 g/mol.